The largest absolute Gasteiger partial charge is 0.354 e. The molecule has 1 atom stereocenters. The van der Waals surface area contributed by atoms with Crippen LogP contribution in [0.3, 0.4) is 0 Å². The van der Waals surface area contributed by atoms with Crippen LogP contribution >= 0.6 is 11.6 Å². The van der Waals surface area contributed by atoms with Gasteiger partial charge in [0.2, 0.25) is 11.8 Å². The summed E-state index contributed by atoms with van der Waals surface area (Å²) in [6, 6.07) is 22.6. The monoisotopic (exact) mass is 494 g/mol. The Morgan fingerprint density at radius 2 is 1.60 bits per heavy atom. The molecule has 35 heavy (non-hydrogen) atoms. The fraction of sp³-hybridized carbons (Fsp3) is 0.310. The third-order valence-electron chi connectivity index (χ3n) is 5.97. The summed E-state index contributed by atoms with van der Waals surface area (Å²) >= 11 is 6.29. The fourth-order valence-electron chi connectivity index (χ4n) is 3.96. The molecule has 3 aromatic carbocycles. The van der Waals surface area contributed by atoms with Crippen LogP contribution in [0.2, 0.25) is 5.02 Å². The third kappa shape index (κ3) is 7.93. The van der Waals surface area contributed by atoms with Gasteiger partial charge in [-0.3, -0.25) is 9.59 Å². The molecular weight excluding hydrogens is 463 g/mol. The topological polar surface area (TPSA) is 49.4 Å². The molecule has 0 aliphatic heterocycles. The van der Waals surface area contributed by atoms with Gasteiger partial charge in [-0.2, -0.15) is 0 Å². The number of carbonyl (C=O) groups excluding carboxylic acids is 2. The van der Waals surface area contributed by atoms with Gasteiger partial charge in [0.25, 0.3) is 0 Å². The summed E-state index contributed by atoms with van der Waals surface area (Å²) in [6.45, 7) is 2.59. The van der Waals surface area contributed by atoms with Gasteiger partial charge in [0.05, 0.1) is 0 Å². The van der Waals surface area contributed by atoms with Crippen molar-refractivity contribution in [3.63, 3.8) is 0 Å². The maximum Gasteiger partial charge on any atom is 0.243 e. The summed E-state index contributed by atoms with van der Waals surface area (Å²) in [5, 5.41) is 3.57. The molecule has 0 aromatic heterocycles. The van der Waals surface area contributed by atoms with Crippen LogP contribution in [-0.2, 0) is 29.0 Å². The summed E-state index contributed by atoms with van der Waals surface area (Å²) in [4.78, 5) is 28.5. The molecule has 2 amide bonds. The van der Waals surface area contributed by atoms with E-state index in [0.29, 0.717) is 30.0 Å². The van der Waals surface area contributed by atoms with Gasteiger partial charge in [0.1, 0.15) is 11.9 Å². The number of nitrogens with zero attached hydrogens (tertiary/aromatic N) is 1. The molecule has 1 N–H and O–H groups in total. The number of hydrogen-bond acceptors (Lipinski definition) is 2. The van der Waals surface area contributed by atoms with Crippen LogP contribution in [0.25, 0.3) is 0 Å². The zero-order valence-electron chi connectivity index (χ0n) is 20.1. The van der Waals surface area contributed by atoms with E-state index >= 15 is 0 Å². The van der Waals surface area contributed by atoms with Crippen molar-refractivity contribution < 1.29 is 14.0 Å². The van der Waals surface area contributed by atoms with Crippen molar-refractivity contribution in [2.75, 3.05) is 6.54 Å². The minimum absolute atomic E-state index is 0.00667. The zero-order valence-corrected chi connectivity index (χ0v) is 20.8. The van der Waals surface area contributed by atoms with E-state index in [2.05, 4.69) is 12.2 Å². The van der Waals surface area contributed by atoms with Gasteiger partial charge in [-0.1, -0.05) is 91.7 Å². The molecule has 0 saturated carbocycles. The Bertz CT molecular complexity index is 1110. The van der Waals surface area contributed by atoms with E-state index in [9.17, 15) is 14.0 Å². The van der Waals surface area contributed by atoms with Gasteiger partial charge in [0, 0.05) is 36.5 Å². The average molecular weight is 495 g/mol. The first kappa shape index (κ1) is 26.4. The lowest BCUT2D eigenvalue weighted by Crippen LogP contribution is -2.50. The van der Waals surface area contributed by atoms with E-state index < -0.39 is 11.9 Å². The Morgan fingerprint density at radius 1 is 0.943 bits per heavy atom. The standard InChI is InChI=1S/C29H32ClFN2O2/c1-2-3-19-32-29(35)27(20-22-11-5-4-6-12-22)33(21-24-14-8-10-16-26(24)31)28(34)18-17-23-13-7-9-15-25(23)30/h4-16,27H,2-3,17-21H2,1H3,(H,32,35)/t27-/m1/s1. The highest BCUT2D eigenvalue weighted by atomic mass is 35.5. The molecule has 0 aliphatic rings. The SMILES string of the molecule is CCCCNC(=O)[C@@H](Cc1ccccc1)N(Cc1ccccc1F)C(=O)CCc1ccccc1Cl. The van der Waals surface area contributed by atoms with E-state index in [4.69, 9.17) is 11.6 Å². The molecule has 0 spiro atoms. The number of aryl methyl sites for hydroxylation is 1. The van der Waals surface area contributed by atoms with Crippen molar-refractivity contribution in [2.24, 2.45) is 0 Å². The van der Waals surface area contributed by atoms with E-state index in [1.54, 1.807) is 24.3 Å². The van der Waals surface area contributed by atoms with Crippen LogP contribution < -0.4 is 5.32 Å². The first-order valence-corrected chi connectivity index (χ1v) is 12.4. The molecule has 0 unspecified atom stereocenters. The fourth-order valence-corrected chi connectivity index (χ4v) is 4.19. The molecule has 184 valence electrons. The first-order valence-electron chi connectivity index (χ1n) is 12.1. The highest BCUT2D eigenvalue weighted by Crippen LogP contribution is 2.21. The minimum atomic E-state index is -0.771. The second-order valence-corrected chi connectivity index (χ2v) is 8.96. The molecule has 0 heterocycles. The predicted octanol–water partition coefficient (Wildman–Crippen LogP) is 5.97. The van der Waals surface area contributed by atoms with Crippen molar-refractivity contribution in [3.8, 4) is 0 Å². The maximum absolute atomic E-state index is 14.6. The number of amides is 2. The Morgan fingerprint density at radius 3 is 2.29 bits per heavy atom. The second-order valence-electron chi connectivity index (χ2n) is 8.55. The Balaban J connectivity index is 1.90. The molecular formula is C29H32ClFN2O2. The van der Waals surface area contributed by atoms with Crippen molar-refractivity contribution in [1.29, 1.82) is 0 Å². The smallest absolute Gasteiger partial charge is 0.243 e. The van der Waals surface area contributed by atoms with Crippen LogP contribution in [0.5, 0.6) is 0 Å². The molecule has 4 nitrogen and oxygen atoms in total. The number of hydrogen-bond donors (Lipinski definition) is 1. The van der Waals surface area contributed by atoms with Crippen molar-refractivity contribution in [2.45, 2.75) is 51.6 Å². The van der Waals surface area contributed by atoms with Gasteiger partial charge < -0.3 is 10.2 Å². The number of unbranched alkanes of at least 4 members (excludes halogenated alkanes) is 1. The maximum atomic E-state index is 14.6. The molecule has 3 aromatic rings. The van der Waals surface area contributed by atoms with Crippen LogP contribution in [0.1, 0.15) is 42.9 Å². The minimum Gasteiger partial charge on any atom is -0.354 e. The third-order valence-corrected chi connectivity index (χ3v) is 6.33. The van der Waals surface area contributed by atoms with E-state index in [-0.39, 0.29) is 24.8 Å². The summed E-state index contributed by atoms with van der Waals surface area (Å²) in [5.41, 5.74) is 2.17. The van der Waals surface area contributed by atoms with Gasteiger partial charge in [-0.25, -0.2) is 4.39 Å². The predicted molar refractivity (Wildman–Crippen MR) is 139 cm³/mol. The van der Waals surface area contributed by atoms with Crippen molar-refractivity contribution in [1.82, 2.24) is 10.2 Å². The number of carbonyl (C=O) groups is 2. The lowest BCUT2D eigenvalue weighted by Gasteiger charge is -2.32. The van der Waals surface area contributed by atoms with E-state index in [0.717, 1.165) is 24.0 Å². The molecule has 0 aliphatic carbocycles. The van der Waals surface area contributed by atoms with Crippen LogP contribution in [0, 0.1) is 5.82 Å². The van der Waals surface area contributed by atoms with E-state index in [1.165, 1.54) is 11.0 Å². The van der Waals surface area contributed by atoms with Crippen LogP contribution in [0.4, 0.5) is 4.39 Å². The lowest BCUT2D eigenvalue weighted by molar-refractivity contribution is -0.141. The quantitative estimate of drug-likeness (QED) is 0.315. The van der Waals surface area contributed by atoms with Gasteiger partial charge in [0.15, 0.2) is 0 Å². The molecule has 0 fully saturated rings. The summed E-state index contributed by atoms with van der Waals surface area (Å²) in [6.07, 6.45) is 2.72. The number of halogens is 2. The molecule has 3 rings (SSSR count). The molecule has 0 saturated heterocycles. The number of benzene rings is 3. The second kappa shape index (κ2) is 13.6. The lowest BCUT2D eigenvalue weighted by atomic mass is 10.0. The highest BCUT2D eigenvalue weighted by molar-refractivity contribution is 6.31. The Labute approximate surface area is 212 Å². The van der Waals surface area contributed by atoms with Crippen LogP contribution in [0.15, 0.2) is 78.9 Å². The summed E-state index contributed by atoms with van der Waals surface area (Å²) in [7, 11) is 0. The molecule has 0 radical (unpaired) electrons. The number of rotatable bonds is 12. The van der Waals surface area contributed by atoms with Gasteiger partial charge in [-0.15, -0.1) is 0 Å². The van der Waals surface area contributed by atoms with Crippen LogP contribution in [-0.4, -0.2) is 29.3 Å². The number of nitrogens with one attached hydrogen (secondary N) is 1. The van der Waals surface area contributed by atoms with Crippen molar-refractivity contribution >= 4 is 23.4 Å². The first-order chi connectivity index (χ1) is 17.0. The van der Waals surface area contributed by atoms with E-state index in [1.807, 2.05) is 48.5 Å². The molecule has 6 heteroatoms. The molecule has 0 bridgehead atoms. The average Bonchev–Trinajstić information content (AvgIpc) is 2.87. The normalized spacial score (nSPS) is 11.6. The summed E-state index contributed by atoms with van der Waals surface area (Å²) < 4.78 is 14.6. The Hall–Kier alpha value is -3.18. The van der Waals surface area contributed by atoms with Gasteiger partial charge >= 0.3 is 0 Å². The van der Waals surface area contributed by atoms with Crippen molar-refractivity contribution in [3.05, 3.63) is 106 Å². The zero-order chi connectivity index (χ0) is 25.0. The summed E-state index contributed by atoms with van der Waals surface area (Å²) in [5.74, 6) is -0.856. The van der Waals surface area contributed by atoms with Gasteiger partial charge in [-0.05, 0) is 36.1 Å². The Kier molecular flexibility index (Phi) is 10.3. The highest BCUT2D eigenvalue weighted by Gasteiger charge is 2.30.